The Labute approximate surface area is 135 Å². The van der Waals surface area contributed by atoms with Gasteiger partial charge in [-0.05, 0) is 54.6 Å². The van der Waals surface area contributed by atoms with Crippen LogP contribution in [0.3, 0.4) is 0 Å². The van der Waals surface area contributed by atoms with Gasteiger partial charge in [0.25, 0.3) is 11.8 Å². The SMILES string of the molecule is COC(C)CS(=O)(=O)Nc1noc(-c2ccc3c(c2)CCC3)n1. The maximum absolute atomic E-state index is 12.0. The molecule has 0 saturated heterocycles. The lowest BCUT2D eigenvalue weighted by atomic mass is 10.1. The van der Waals surface area contributed by atoms with Gasteiger partial charge in [0.15, 0.2) is 0 Å². The number of fused-ring (bicyclic) bond motifs is 1. The molecular formula is C15H19N3O4S. The monoisotopic (exact) mass is 337 g/mol. The zero-order chi connectivity index (χ0) is 16.4. The van der Waals surface area contributed by atoms with Crippen LogP contribution in [0.25, 0.3) is 11.5 Å². The minimum Gasteiger partial charge on any atom is -0.381 e. The van der Waals surface area contributed by atoms with Gasteiger partial charge in [-0.1, -0.05) is 6.07 Å². The fourth-order valence-corrected chi connectivity index (χ4v) is 3.84. The molecule has 0 radical (unpaired) electrons. The summed E-state index contributed by atoms with van der Waals surface area (Å²) in [5.41, 5.74) is 3.44. The van der Waals surface area contributed by atoms with E-state index in [4.69, 9.17) is 9.26 Å². The van der Waals surface area contributed by atoms with Gasteiger partial charge in [-0.15, -0.1) is 0 Å². The highest BCUT2D eigenvalue weighted by molar-refractivity contribution is 7.92. The fraction of sp³-hybridized carbons (Fsp3) is 0.467. The zero-order valence-electron chi connectivity index (χ0n) is 13.1. The third kappa shape index (κ3) is 3.70. The van der Waals surface area contributed by atoms with Gasteiger partial charge in [-0.2, -0.15) is 4.98 Å². The van der Waals surface area contributed by atoms with Gasteiger partial charge in [-0.25, -0.2) is 13.1 Å². The second-order valence-electron chi connectivity index (χ2n) is 5.69. The summed E-state index contributed by atoms with van der Waals surface area (Å²) in [6.45, 7) is 1.67. The van der Waals surface area contributed by atoms with E-state index >= 15 is 0 Å². The smallest absolute Gasteiger partial charge is 0.277 e. The third-order valence-corrected chi connectivity index (χ3v) is 5.28. The van der Waals surface area contributed by atoms with Crippen LogP contribution in [-0.4, -0.2) is 37.5 Å². The van der Waals surface area contributed by atoms with Crippen molar-refractivity contribution in [3.63, 3.8) is 0 Å². The van der Waals surface area contributed by atoms with Crippen LogP contribution in [0.5, 0.6) is 0 Å². The van der Waals surface area contributed by atoms with E-state index in [-0.39, 0.29) is 11.7 Å². The van der Waals surface area contributed by atoms with Crippen molar-refractivity contribution in [3.05, 3.63) is 29.3 Å². The Hall–Kier alpha value is -1.93. The van der Waals surface area contributed by atoms with Gasteiger partial charge in [0.2, 0.25) is 10.0 Å². The molecule has 2 aromatic rings. The first-order valence-electron chi connectivity index (χ1n) is 7.46. The number of rotatable bonds is 6. The van der Waals surface area contributed by atoms with Crippen molar-refractivity contribution in [1.82, 2.24) is 10.1 Å². The van der Waals surface area contributed by atoms with Crippen LogP contribution in [-0.2, 0) is 27.6 Å². The van der Waals surface area contributed by atoms with E-state index in [9.17, 15) is 8.42 Å². The highest BCUT2D eigenvalue weighted by Crippen LogP contribution is 2.27. The highest BCUT2D eigenvalue weighted by atomic mass is 32.2. The molecule has 1 N–H and O–H groups in total. The summed E-state index contributed by atoms with van der Waals surface area (Å²) in [7, 11) is -2.13. The number of benzene rings is 1. The summed E-state index contributed by atoms with van der Waals surface area (Å²) in [6.07, 6.45) is 2.88. The number of methoxy groups -OCH3 is 1. The maximum Gasteiger partial charge on any atom is 0.277 e. The van der Waals surface area contributed by atoms with Crippen LogP contribution >= 0.6 is 0 Å². The molecule has 7 nitrogen and oxygen atoms in total. The predicted octanol–water partition coefficient (Wildman–Crippen LogP) is 2.00. The normalized spacial score (nSPS) is 15.4. The molecule has 1 aliphatic rings. The average molecular weight is 337 g/mol. The van der Waals surface area contributed by atoms with Crippen LogP contribution < -0.4 is 4.72 Å². The van der Waals surface area contributed by atoms with Crippen molar-refractivity contribution in [2.45, 2.75) is 32.3 Å². The minimum atomic E-state index is -3.58. The zero-order valence-corrected chi connectivity index (χ0v) is 13.9. The Morgan fingerprint density at radius 2 is 2.13 bits per heavy atom. The molecular weight excluding hydrogens is 318 g/mol. The summed E-state index contributed by atoms with van der Waals surface area (Å²) in [5, 5.41) is 3.69. The second-order valence-corrected chi connectivity index (χ2v) is 7.46. The van der Waals surface area contributed by atoms with E-state index in [2.05, 4.69) is 20.9 Å². The van der Waals surface area contributed by atoms with Crippen molar-refractivity contribution in [2.75, 3.05) is 17.6 Å². The van der Waals surface area contributed by atoms with E-state index in [1.165, 1.54) is 18.2 Å². The van der Waals surface area contributed by atoms with Gasteiger partial charge in [-0.3, -0.25) is 0 Å². The van der Waals surface area contributed by atoms with Gasteiger partial charge < -0.3 is 9.26 Å². The van der Waals surface area contributed by atoms with E-state index in [1.807, 2.05) is 12.1 Å². The first-order chi connectivity index (χ1) is 11.0. The summed E-state index contributed by atoms with van der Waals surface area (Å²) in [4.78, 5) is 4.12. The summed E-state index contributed by atoms with van der Waals surface area (Å²) >= 11 is 0. The standard InChI is InChI=1S/C15H19N3O4S/c1-10(21-2)9-23(19,20)18-15-16-14(22-17-15)13-7-6-11-4-3-5-12(11)8-13/h6-8,10H,3-5,9H2,1-2H3,(H,17,18). The van der Waals surface area contributed by atoms with Crippen molar-refractivity contribution >= 4 is 16.0 Å². The molecule has 0 spiro atoms. The predicted molar refractivity (Wildman–Crippen MR) is 85.6 cm³/mol. The molecule has 0 saturated carbocycles. The molecule has 1 unspecified atom stereocenters. The lowest BCUT2D eigenvalue weighted by molar-refractivity contribution is 0.136. The number of aryl methyl sites for hydroxylation is 2. The maximum atomic E-state index is 12.0. The average Bonchev–Trinajstić information content (AvgIpc) is 3.13. The minimum absolute atomic E-state index is 0.0659. The molecule has 0 amide bonds. The summed E-state index contributed by atoms with van der Waals surface area (Å²) in [6, 6.07) is 6.01. The van der Waals surface area contributed by atoms with Crippen molar-refractivity contribution in [2.24, 2.45) is 0 Å². The third-order valence-electron chi connectivity index (χ3n) is 3.87. The Morgan fingerprint density at radius 1 is 1.35 bits per heavy atom. The van der Waals surface area contributed by atoms with Gasteiger partial charge in [0.1, 0.15) is 0 Å². The van der Waals surface area contributed by atoms with Crippen molar-refractivity contribution in [3.8, 4) is 11.5 Å². The lowest BCUT2D eigenvalue weighted by Crippen LogP contribution is -2.25. The number of hydrogen-bond donors (Lipinski definition) is 1. The van der Waals surface area contributed by atoms with E-state index in [0.29, 0.717) is 5.89 Å². The largest absolute Gasteiger partial charge is 0.381 e. The highest BCUT2D eigenvalue weighted by Gasteiger charge is 2.19. The lowest BCUT2D eigenvalue weighted by Gasteiger charge is -2.09. The number of nitrogens with zero attached hydrogens (tertiary/aromatic N) is 2. The number of anilines is 1. The molecule has 1 atom stereocenters. The topological polar surface area (TPSA) is 94.3 Å². The molecule has 1 heterocycles. The molecule has 3 rings (SSSR count). The number of ether oxygens (including phenoxy) is 1. The van der Waals surface area contributed by atoms with Gasteiger partial charge in [0.05, 0.1) is 11.9 Å². The molecule has 0 aliphatic heterocycles. The number of nitrogens with one attached hydrogen (secondary N) is 1. The molecule has 1 aromatic heterocycles. The second kappa shape index (κ2) is 6.29. The van der Waals surface area contributed by atoms with E-state index < -0.39 is 16.1 Å². The molecule has 0 fully saturated rings. The quantitative estimate of drug-likeness (QED) is 0.866. The van der Waals surface area contributed by atoms with Crippen LogP contribution in [0, 0.1) is 0 Å². The number of hydrogen-bond acceptors (Lipinski definition) is 6. The van der Waals surface area contributed by atoms with Crippen LogP contribution in [0.2, 0.25) is 0 Å². The van der Waals surface area contributed by atoms with Gasteiger partial charge in [0, 0.05) is 12.7 Å². The van der Waals surface area contributed by atoms with E-state index in [1.54, 1.807) is 6.92 Å². The fourth-order valence-electron chi connectivity index (χ4n) is 2.64. The molecule has 1 aromatic carbocycles. The van der Waals surface area contributed by atoms with Crippen molar-refractivity contribution < 1.29 is 17.7 Å². The first-order valence-corrected chi connectivity index (χ1v) is 9.11. The molecule has 1 aliphatic carbocycles. The number of sulfonamides is 1. The summed E-state index contributed by atoms with van der Waals surface area (Å²) < 4.78 is 36.3. The van der Waals surface area contributed by atoms with Crippen LogP contribution in [0.15, 0.2) is 22.7 Å². The Morgan fingerprint density at radius 3 is 2.91 bits per heavy atom. The van der Waals surface area contributed by atoms with Crippen LogP contribution in [0.1, 0.15) is 24.5 Å². The van der Waals surface area contributed by atoms with Gasteiger partial charge >= 0.3 is 0 Å². The molecule has 0 bridgehead atoms. The molecule has 124 valence electrons. The first kappa shape index (κ1) is 15.9. The van der Waals surface area contributed by atoms with E-state index in [0.717, 1.165) is 24.8 Å². The van der Waals surface area contributed by atoms with Crippen LogP contribution in [0.4, 0.5) is 5.95 Å². The number of aromatic nitrogens is 2. The Balaban J connectivity index is 1.76. The molecule has 8 heteroatoms. The summed E-state index contributed by atoms with van der Waals surface area (Å²) in [5.74, 6) is 0.0626. The van der Waals surface area contributed by atoms with Crippen molar-refractivity contribution in [1.29, 1.82) is 0 Å². The Bertz CT molecular complexity index is 801. The molecule has 23 heavy (non-hydrogen) atoms. The Kier molecular flexibility index (Phi) is 4.36.